The van der Waals surface area contributed by atoms with E-state index in [9.17, 15) is 9.00 Å². The summed E-state index contributed by atoms with van der Waals surface area (Å²) >= 11 is 1.54. The smallest absolute Gasteiger partial charge is 0.235 e. The summed E-state index contributed by atoms with van der Waals surface area (Å²) in [4.78, 5) is 16.2. The fourth-order valence-corrected chi connectivity index (χ4v) is 3.97. The van der Waals surface area contributed by atoms with Crippen molar-refractivity contribution in [3.8, 4) is 0 Å². The molecule has 1 amide bonds. The monoisotopic (exact) mass is 310 g/mol. The van der Waals surface area contributed by atoms with E-state index in [1.54, 1.807) is 6.92 Å². The van der Waals surface area contributed by atoms with Crippen LogP contribution in [0.5, 0.6) is 0 Å². The second-order valence-corrected chi connectivity index (χ2v) is 7.41. The van der Waals surface area contributed by atoms with E-state index < -0.39 is 16.0 Å². The number of carbonyl (C=O) groups excluding carboxylic acids is 1. The molecule has 0 saturated heterocycles. The highest BCUT2D eigenvalue weighted by molar-refractivity contribution is 7.85. The molecule has 1 aromatic carbocycles. The first kappa shape index (κ1) is 15.1. The van der Waals surface area contributed by atoms with E-state index in [4.69, 9.17) is 0 Å². The van der Waals surface area contributed by atoms with Crippen LogP contribution in [0.3, 0.4) is 0 Å². The number of rotatable bonds is 6. The van der Waals surface area contributed by atoms with Gasteiger partial charge in [0.05, 0.1) is 16.0 Å². The summed E-state index contributed by atoms with van der Waals surface area (Å²) in [7, 11) is -1.24. The number of para-hydroxylation sites is 1. The lowest BCUT2D eigenvalue weighted by molar-refractivity contribution is -0.120. The molecule has 4 nitrogen and oxygen atoms in total. The minimum absolute atomic E-state index is 0.147. The molecule has 1 aromatic heterocycles. The van der Waals surface area contributed by atoms with Crippen molar-refractivity contribution >= 4 is 38.3 Å². The maximum absolute atomic E-state index is 12.2. The number of nitrogens with zero attached hydrogens (tertiary/aromatic N) is 1. The fourth-order valence-electron chi connectivity index (χ4n) is 1.74. The molecule has 1 heterocycles. The van der Waals surface area contributed by atoms with E-state index in [2.05, 4.69) is 10.3 Å². The molecule has 0 aliphatic carbocycles. The zero-order valence-corrected chi connectivity index (χ0v) is 13.2. The van der Waals surface area contributed by atoms with Crippen LogP contribution in [0.2, 0.25) is 0 Å². The minimum Gasteiger partial charge on any atom is -0.355 e. The largest absolute Gasteiger partial charge is 0.355 e. The van der Waals surface area contributed by atoms with Crippen molar-refractivity contribution in [3.63, 3.8) is 0 Å². The van der Waals surface area contributed by atoms with E-state index in [0.29, 0.717) is 12.3 Å². The zero-order chi connectivity index (χ0) is 14.5. The van der Waals surface area contributed by atoms with Gasteiger partial charge >= 0.3 is 0 Å². The van der Waals surface area contributed by atoms with E-state index in [1.807, 2.05) is 31.2 Å². The Hall–Kier alpha value is -1.27. The molecular formula is C14H18N2O2S2. The molecule has 1 N–H and O–H groups in total. The first-order chi connectivity index (χ1) is 9.61. The number of carbonyl (C=O) groups is 1. The summed E-state index contributed by atoms with van der Waals surface area (Å²) in [6.07, 6.45) is 0.878. The number of fused-ring (bicyclic) bond motifs is 1. The van der Waals surface area contributed by atoms with E-state index in [0.717, 1.165) is 21.6 Å². The topological polar surface area (TPSA) is 59.1 Å². The van der Waals surface area contributed by atoms with Gasteiger partial charge in [-0.1, -0.05) is 19.1 Å². The van der Waals surface area contributed by atoms with Gasteiger partial charge in [0, 0.05) is 17.3 Å². The number of hydrogen-bond acceptors (Lipinski definition) is 4. The van der Waals surface area contributed by atoms with Crippen LogP contribution in [0.15, 0.2) is 24.3 Å². The summed E-state index contributed by atoms with van der Waals surface area (Å²) in [6.45, 7) is 4.32. The van der Waals surface area contributed by atoms with Gasteiger partial charge < -0.3 is 5.32 Å². The lowest BCUT2D eigenvalue weighted by Crippen LogP contribution is -2.36. The molecule has 108 valence electrons. The van der Waals surface area contributed by atoms with Gasteiger partial charge in [-0.15, -0.1) is 11.3 Å². The number of nitrogens with one attached hydrogen (secondary N) is 1. The number of aromatic nitrogens is 1. The predicted molar refractivity (Wildman–Crippen MR) is 84.2 cm³/mol. The van der Waals surface area contributed by atoms with Gasteiger partial charge in [0.2, 0.25) is 5.91 Å². The molecule has 0 aliphatic rings. The average molecular weight is 310 g/mol. The predicted octanol–water partition coefficient (Wildman–Crippen LogP) is 2.46. The van der Waals surface area contributed by atoms with Gasteiger partial charge in [0.15, 0.2) is 0 Å². The summed E-state index contributed by atoms with van der Waals surface area (Å²) in [5, 5.41) is 3.09. The third-order valence-electron chi connectivity index (χ3n) is 2.92. The Labute approximate surface area is 125 Å². The first-order valence-electron chi connectivity index (χ1n) is 6.61. The molecule has 20 heavy (non-hydrogen) atoms. The van der Waals surface area contributed by atoms with Crippen LogP contribution in [0.4, 0.5) is 0 Å². The van der Waals surface area contributed by atoms with Gasteiger partial charge in [0.1, 0.15) is 10.3 Å². The third kappa shape index (κ3) is 3.64. The summed E-state index contributed by atoms with van der Waals surface area (Å²) < 4.78 is 13.3. The van der Waals surface area contributed by atoms with Crippen molar-refractivity contribution in [2.75, 3.05) is 6.54 Å². The Kier molecular flexibility index (Phi) is 5.25. The van der Waals surface area contributed by atoms with Crippen LogP contribution >= 0.6 is 11.3 Å². The van der Waals surface area contributed by atoms with Crippen LogP contribution in [0, 0.1) is 0 Å². The van der Waals surface area contributed by atoms with Crippen molar-refractivity contribution in [2.45, 2.75) is 31.3 Å². The standard InChI is InChI=1S/C14H18N2O2S2/c1-3-8-15-14(17)10(2)20(18)9-13-16-11-6-4-5-7-12(11)19-13/h4-7,10H,3,8-9H2,1-2H3,(H,15,17)/t10-,20+/m0/s1. The van der Waals surface area contributed by atoms with Crippen molar-refractivity contribution < 1.29 is 9.00 Å². The number of benzene rings is 1. The van der Waals surface area contributed by atoms with Crippen LogP contribution < -0.4 is 5.32 Å². The fraction of sp³-hybridized carbons (Fsp3) is 0.429. The van der Waals surface area contributed by atoms with Gasteiger partial charge in [-0.2, -0.15) is 0 Å². The quantitative estimate of drug-likeness (QED) is 0.891. The maximum atomic E-state index is 12.2. The molecule has 0 bridgehead atoms. The summed E-state index contributed by atoms with van der Waals surface area (Å²) in [6, 6.07) is 7.83. The molecule has 0 fully saturated rings. The molecule has 0 saturated carbocycles. The molecule has 0 spiro atoms. The zero-order valence-electron chi connectivity index (χ0n) is 11.6. The van der Waals surface area contributed by atoms with Crippen molar-refractivity contribution in [3.05, 3.63) is 29.3 Å². The van der Waals surface area contributed by atoms with Crippen LogP contribution in [0.1, 0.15) is 25.3 Å². The van der Waals surface area contributed by atoms with Gasteiger partial charge in [-0.3, -0.25) is 9.00 Å². The normalized spacial score (nSPS) is 14.1. The Bertz CT molecular complexity index is 591. The molecule has 2 rings (SSSR count). The highest BCUT2D eigenvalue weighted by atomic mass is 32.2. The second kappa shape index (κ2) is 6.95. The molecule has 2 aromatic rings. The van der Waals surface area contributed by atoms with Crippen molar-refractivity contribution in [1.29, 1.82) is 0 Å². The molecule has 0 unspecified atom stereocenters. The minimum atomic E-state index is -1.24. The number of thiazole rings is 1. The number of hydrogen-bond donors (Lipinski definition) is 1. The van der Waals surface area contributed by atoms with Crippen LogP contribution in [-0.2, 0) is 21.3 Å². The van der Waals surface area contributed by atoms with Gasteiger partial charge in [-0.25, -0.2) is 4.98 Å². The first-order valence-corrected chi connectivity index (χ1v) is 8.81. The highest BCUT2D eigenvalue weighted by Crippen LogP contribution is 2.23. The van der Waals surface area contributed by atoms with Crippen LogP contribution in [0.25, 0.3) is 10.2 Å². The third-order valence-corrected chi connectivity index (χ3v) is 5.70. The Morgan fingerprint density at radius 1 is 1.45 bits per heavy atom. The second-order valence-electron chi connectivity index (χ2n) is 4.53. The lowest BCUT2D eigenvalue weighted by Gasteiger charge is -2.10. The van der Waals surface area contributed by atoms with Gasteiger partial charge in [-0.05, 0) is 25.5 Å². The Morgan fingerprint density at radius 3 is 2.90 bits per heavy atom. The van der Waals surface area contributed by atoms with Crippen molar-refractivity contribution in [1.82, 2.24) is 10.3 Å². The summed E-state index contributed by atoms with van der Waals surface area (Å²) in [5.74, 6) is 0.186. The highest BCUT2D eigenvalue weighted by Gasteiger charge is 2.20. The Morgan fingerprint density at radius 2 is 2.20 bits per heavy atom. The van der Waals surface area contributed by atoms with Crippen molar-refractivity contribution in [2.24, 2.45) is 0 Å². The molecule has 0 aliphatic heterocycles. The van der Waals surface area contributed by atoms with E-state index >= 15 is 0 Å². The maximum Gasteiger partial charge on any atom is 0.235 e. The van der Waals surface area contributed by atoms with E-state index in [-0.39, 0.29) is 5.91 Å². The Balaban J connectivity index is 2.01. The van der Waals surface area contributed by atoms with E-state index in [1.165, 1.54) is 11.3 Å². The molecule has 0 radical (unpaired) electrons. The van der Waals surface area contributed by atoms with Gasteiger partial charge in [0.25, 0.3) is 0 Å². The molecular weight excluding hydrogens is 292 g/mol. The lowest BCUT2D eigenvalue weighted by atomic mass is 10.3. The molecule has 2 atom stereocenters. The van der Waals surface area contributed by atoms with Crippen LogP contribution in [-0.4, -0.2) is 26.9 Å². The number of amides is 1. The average Bonchev–Trinajstić information content (AvgIpc) is 2.85. The summed E-state index contributed by atoms with van der Waals surface area (Å²) in [5.41, 5.74) is 0.924. The molecule has 6 heteroatoms. The SMILES string of the molecule is CCCNC(=O)[C@H](C)[S@](=O)Cc1nc2ccccc2s1.